The van der Waals surface area contributed by atoms with Gasteiger partial charge in [0.25, 0.3) is 5.91 Å². The zero-order valence-electron chi connectivity index (χ0n) is 18.0. The first-order chi connectivity index (χ1) is 14.5. The average Bonchev–Trinajstić information content (AvgIpc) is 2.72. The molecular weight excluding hydrogens is 412 g/mol. The van der Waals surface area contributed by atoms with Gasteiger partial charge >= 0.3 is 0 Å². The average molecular weight is 439 g/mol. The molecule has 0 bridgehead atoms. The van der Waals surface area contributed by atoms with Crippen molar-refractivity contribution in [1.82, 2.24) is 10.6 Å². The topological polar surface area (TPSA) is 92.3 Å². The molecule has 0 aromatic heterocycles. The van der Waals surface area contributed by atoms with Crippen molar-refractivity contribution < 1.29 is 18.0 Å². The molecule has 0 saturated heterocycles. The lowest BCUT2D eigenvalue weighted by molar-refractivity contribution is -0.133. The molecule has 2 N–H and O–H groups in total. The summed E-state index contributed by atoms with van der Waals surface area (Å²) in [5, 5.41) is 7.88. The number of rotatable bonds is 6. The number of carbonyl (C=O) groups excluding carboxylic acids is 2. The van der Waals surface area contributed by atoms with E-state index in [1.54, 1.807) is 19.1 Å². The summed E-state index contributed by atoms with van der Waals surface area (Å²) in [6.45, 7) is 4.82. The van der Waals surface area contributed by atoms with Gasteiger partial charge in [-0.25, -0.2) is 8.42 Å². The zero-order valence-corrected chi connectivity index (χ0v) is 18.8. The van der Waals surface area contributed by atoms with Crippen molar-refractivity contribution in [2.24, 2.45) is 0 Å². The quantitative estimate of drug-likeness (QED) is 0.616. The molecule has 6 nitrogen and oxygen atoms in total. The Kier molecular flexibility index (Phi) is 6.18. The van der Waals surface area contributed by atoms with E-state index in [0.717, 1.165) is 22.6 Å². The van der Waals surface area contributed by atoms with E-state index in [-0.39, 0.29) is 16.8 Å². The third-order valence-electron chi connectivity index (χ3n) is 5.36. The van der Waals surface area contributed by atoms with E-state index in [4.69, 9.17) is 0 Å². The van der Waals surface area contributed by atoms with Gasteiger partial charge in [0.05, 0.1) is 10.9 Å². The molecule has 0 unspecified atom stereocenters. The molecule has 3 rings (SSSR count). The molecule has 3 aromatic rings. The molecule has 2 amide bonds. The van der Waals surface area contributed by atoms with Gasteiger partial charge in [-0.15, -0.1) is 0 Å². The molecule has 0 aliphatic rings. The number of fused-ring (bicyclic) bond motifs is 1. The van der Waals surface area contributed by atoms with E-state index >= 15 is 0 Å². The molecule has 2 atom stereocenters. The van der Waals surface area contributed by atoms with E-state index in [1.165, 1.54) is 19.1 Å². The van der Waals surface area contributed by atoms with E-state index < -0.39 is 21.3 Å². The Morgan fingerprint density at radius 1 is 0.935 bits per heavy atom. The molecule has 0 fully saturated rings. The van der Waals surface area contributed by atoms with E-state index in [0.29, 0.717) is 5.56 Å². The highest BCUT2D eigenvalue weighted by atomic mass is 32.2. The zero-order chi connectivity index (χ0) is 22.8. The molecule has 0 saturated carbocycles. The van der Waals surface area contributed by atoms with Crippen molar-refractivity contribution in [2.75, 3.05) is 6.26 Å². The van der Waals surface area contributed by atoms with Gasteiger partial charge in [0, 0.05) is 13.2 Å². The predicted molar refractivity (Wildman–Crippen MR) is 121 cm³/mol. The summed E-state index contributed by atoms with van der Waals surface area (Å²) in [7, 11) is -3.37. The smallest absolute Gasteiger partial charge is 0.250 e. The van der Waals surface area contributed by atoms with Crippen molar-refractivity contribution in [3.05, 3.63) is 77.9 Å². The molecule has 3 aromatic carbocycles. The maximum absolute atomic E-state index is 13.3. The molecule has 162 valence electrons. The highest BCUT2D eigenvalue weighted by Crippen LogP contribution is 2.26. The third-order valence-corrected chi connectivity index (χ3v) is 6.49. The van der Waals surface area contributed by atoms with Crippen molar-refractivity contribution in [2.45, 2.75) is 37.2 Å². The van der Waals surface area contributed by atoms with Crippen LogP contribution in [-0.2, 0) is 25.0 Å². The van der Waals surface area contributed by atoms with Crippen LogP contribution >= 0.6 is 0 Å². The second-order valence-corrected chi connectivity index (χ2v) is 9.92. The Bertz CT molecular complexity index is 1240. The Labute approximate surface area is 182 Å². The number of nitrogens with one attached hydrogen (secondary N) is 2. The van der Waals surface area contributed by atoms with Crippen LogP contribution in [0.2, 0.25) is 0 Å². The molecule has 7 heteroatoms. The van der Waals surface area contributed by atoms with Gasteiger partial charge in [-0.2, -0.15) is 0 Å². The fourth-order valence-corrected chi connectivity index (χ4v) is 4.18. The second kappa shape index (κ2) is 8.51. The summed E-state index contributed by atoms with van der Waals surface area (Å²) in [5.41, 5.74) is 0.0513. The Balaban J connectivity index is 1.90. The maximum Gasteiger partial charge on any atom is 0.250 e. The number of sulfone groups is 1. The van der Waals surface area contributed by atoms with E-state index in [9.17, 15) is 18.0 Å². The first-order valence-corrected chi connectivity index (χ1v) is 11.8. The van der Waals surface area contributed by atoms with Gasteiger partial charge in [-0.05, 0) is 53.9 Å². The minimum atomic E-state index is -3.37. The highest BCUT2D eigenvalue weighted by Gasteiger charge is 2.37. The summed E-state index contributed by atoms with van der Waals surface area (Å²) >= 11 is 0. The van der Waals surface area contributed by atoms with Gasteiger partial charge in [-0.1, -0.05) is 48.5 Å². The summed E-state index contributed by atoms with van der Waals surface area (Å²) in [6.07, 6.45) is 1.12. The lowest BCUT2D eigenvalue weighted by atomic mass is 9.90. The fourth-order valence-electron chi connectivity index (χ4n) is 3.55. The van der Waals surface area contributed by atoms with Crippen molar-refractivity contribution in [3.63, 3.8) is 0 Å². The van der Waals surface area contributed by atoms with Crippen LogP contribution in [-0.4, -0.2) is 26.5 Å². The van der Waals surface area contributed by atoms with Crippen LogP contribution in [0.5, 0.6) is 0 Å². The van der Waals surface area contributed by atoms with Crippen LogP contribution in [0.1, 0.15) is 37.9 Å². The summed E-state index contributed by atoms with van der Waals surface area (Å²) < 4.78 is 23.5. The van der Waals surface area contributed by atoms with Crippen LogP contribution in [0.25, 0.3) is 10.8 Å². The monoisotopic (exact) mass is 438 g/mol. The number of hydrogen-bond donors (Lipinski definition) is 2. The molecule has 0 heterocycles. The fraction of sp³-hybridized carbons (Fsp3) is 0.250. The minimum absolute atomic E-state index is 0.145. The van der Waals surface area contributed by atoms with E-state index in [1.807, 2.05) is 49.4 Å². The summed E-state index contributed by atoms with van der Waals surface area (Å²) in [5.74, 6) is -0.765. The van der Waals surface area contributed by atoms with Gasteiger partial charge in [0.2, 0.25) is 5.91 Å². The van der Waals surface area contributed by atoms with Gasteiger partial charge in [0.1, 0.15) is 5.54 Å². The first kappa shape index (κ1) is 22.5. The Hall–Kier alpha value is -3.19. The second-order valence-electron chi connectivity index (χ2n) is 7.90. The minimum Gasteiger partial charge on any atom is -0.347 e. The largest absolute Gasteiger partial charge is 0.347 e. The van der Waals surface area contributed by atoms with Crippen molar-refractivity contribution >= 4 is 32.4 Å². The molecule has 0 aliphatic heterocycles. The number of carbonyl (C=O) groups is 2. The van der Waals surface area contributed by atoms with Crippen LogP contribution in [0.15, 0.2) is 71.6 Å². The Morgan fingerprint density at radius 2 is 1.55 bits per heavy atom. The highest BCUT2D eigenvalue weighted by molar-refractivity contribution is 7.90. The van der Waals surface area contributed by atoms with Crippen LogP contribution < -0.4 is 10.6 Å². The lowest BCUT2D eigenvalue weighted by Crippen LogP contribution is -2.54. The number of amides is 2. The van der Waals surface area contributed by atoms with Crippen molar-refractivity contribution in [3.8, 4) is 0 Å². The Morgan fingerprint density at radius 3 is 2.13 bits per heavy atom. The molecule has 0 spiro atoms. The predicted octanol–water partition coefficient (Wildman–Crippen LogP) is 3.47. The molecule has 31 heavy (non-hydrogen) atoms. The third kappa shape index (κ3) is 4.94. The molecule has 0 aliphatic carbocycles. The molecule has 0 radical (unpaired) electrons. The standard InChI is InChI=1S/C24H26N2O4S/c1-16(19-10-9-18-7-5-6-8-20(18)15-19)25-23(28)24(3,26-17(2)27)21-11-13-22(14-12-21)31(4,29)30/h5-16H,1-4H3,(H,25,28)(H,26,27)/t16-,24-/m0/s1. The summed E-state index contributed by atoms with van der Waals surface area (Å²) in [6, 6.07) is 19.6. The first-order valence-electron chi connectivity index (χ1n) is 9.90. The number of benzene rings is 3. The van der Waals surface area contributed by atoms with Crippen LogP contribution in [0, 0.1) is 0 Å². The van der Waals surface area contributed by atoms with E-state index in [2.05, 4.69) is 10.6 Å². The van der Waals surface area contributed by atoms with Crippen molar-refractivity contribution in [1.29, 1.82) is 0 Å². The van der Waals surface area contributed by atoms with Crippen LogP contribution in [0.4, 0.5) is 0 Å². The van der Waals surface area contributed by atoms with Crippen LogP contribution in [0.3, 0.4) is 0 Å². The van der Waals surface area contributed by atoms with Gasteiger partial charge in [-0.3, -0.25) is 9.59 Å². The normalized spacial score (nSPS) is 14.5. The number of hydrogen-bond acceptors (Lipinski definition) is 4. The molecular formula is C24H26N2O4S. The van der Waals surface area contributed by atoms with Gasteiger partial charge in [0.15, 0.2) is 9.84 Å². The SMILES string of the molecule is CC(=O)N[C@](C)(C(=O)N[C@@H](C)c1ccc2ccccc2c1)c1ccc(S(C)(=O)=O)cc1. The maximum atomic E-state index is 13.3. The lowest BCUT2D eigenvalue weighted by Gasteiger charge is -2.31. The summed E-state index contributed by atoms with van der Waals surface area (Å²) in [4.78, 5) is 25.3. The van der Waals surface area contributed by atoms with Gasteiger partial charge < -0.3 is 10.6 Å².